The Labute approximate surface area is 188 Å². The zero-order chi connectivity index (χ0) is 24.3. The maximum absolute atomic E-state index is 12.7. The van der Waals surface area contributed by atoms with Gasteiger partial charge in [0.25, 0.3) is 17.7 Å². The number of imidazole rings is 1. The number of nitrogen functional groups attached to an aromatic ring is 1. The minimum atomic E-state index is -0.533. The summed E-state index contributed by atoms with van der Waals surface area (Å²) in [7, 11) is 4.95. The Morgan fingerprint density at radius 2 is 1.52 bits per heavy atom. The largest absolute Gasteiger partial charge is 0.397 e. The molecule has 0 saturated heterocycles. The monoisotopic (exact) mass is 455 g/mol. The number of nitrogens with two attached hydrogens (primary N) is 2. The van der Waals surface area contributed by atoms with Gasteiger partial charge in [-0.15, -0.1) is 0 Å². The molecule has 0 saturated carbocycles. The van der Waals surface area contributed by atoms with Gasteiger partial charge in [-0.3, -0.25) is 19.2 Å². The fourth-order valence-electron chi connectivity index (χ4n) is 3.17. The molecule has 0 bridgehead atoms. The van der Waals surface area contributed by atoms with Crippen LogP contribution in [0.3, 0.4) is 0 Å². The Bertz CT molecular complexity index is 1230. The van der Waals surface area contributed by atoms with Gasteiger partial charge in [0.15, 0.2) is 5.82 Å². The Kier molecular flexibility index (Phi) is 6.51. The quantitative estimate of drug-likeness (QED) is 0.313. The summed E-state index contributed by atoms with van der Waals surface area (Å²) in [5.41, 5.74) is 12.3. The summed E-state index contributed by atoms with van der Waals surface area (Å²) in [6, 6.07) is 3.06. The van der Waals surface area contributed by atoms with Gasteiger partial charge in [0.2, 0.25) is 11.7 Å². The SMILES string of the molecule is Cn1cc(N)cc1C(=O)Nc1cc(C(=O)Nc2cn(C)c(C(=O)NCCC(N)=O)n2)n(C)c1. The second-order valence-electron chi connectivity index (χ2n) is 7.44. The molecule has 0 unspecified atom stereocenters. The van der Waals surface area contributed by atoms with Gasteiger partial charge in [-0.05, 0) is 12.1 Å². The molecule has 3 aromatic rings. The highest BCUT2D eigenvalue weighted by molar-refractivity contribution is 6.07. The van der Waals surface area contributed by atoms with Crippen molar-refractivity contribution in [1.82, 2.24) is 24.0 Å². The van der Waals surface area contributed by atoms with E-state index in [1.807, 2.05) is 0 Å². The highest BCUT2D eigenvalue weighted by Crippen LogP contribution is 2.17. The van der Waals surface area contributed by atoms with Crippen molar-refractivity contribution in [3.8, 4) is 0 Å². The smallest absolute Gasteiger partial charge is 0.287 e. The van der Waals surface area contributed by atoms with E-state index in [0.29, 0.717) is 17.1 Å². The number of carbonyl (C=O) groups is 4. The highest BCUT2D eigenvalue weighted by Gasteiger charge is 2.19. The van der Waals surface area contributed by atoms with Crippen molar-refractivity contribution in [2.45, 2.75) is 6.42 Å². The van der Waals surface area contributed by atoms with Gasteiger partial charge in [0.1, 0.15) is 11.4 Å². The van der Waals surface area contributed by atoms with E-state index in [1.54, 1.807) is 48.7 Å². The second-order valence-corrected chi connectivity index (χ2v) is 7.44. The van der Waals surface area contributed by atoms with Crippen molar-refractivity contribution in [1.29, 1.82) is 0 Å². The fourth-order valence-corrected chi connectivity index (χ4v) is 3.17. The van der Waals surface area contributed by atoms with E-state index < -0.39 is 17.7 Å². The van der Waals surface area contributed by atoms with Gasteiger partial charge in [-0.2, -0.15) is 0 Å². The Hall–Kier alpha value is -4.55. The Balaban J connectivity index is 1.67. The van der Waals surface area contributed by atoms with E-state index in [9.17, 15) is 19.2 Å². The summed E-state index contributed by atoms with van der Waals surface area (Å²) in [6.45, 7) is 0.0793. The molecule has 4 amide bonds. The van der Waals surface area contributed by atoms with Crippen LogP contribution in [0, 0.1) is 0 Å². The standard InChI is InChI=1S/C20H25N9O4/c1-27-8-11(21)6-13(27)18(31)24-12-7-14(28(2)9-12)19(32)26-16-10-29(3)17(25-16)20(33)23-5-4-15(22)30/h6-10H,4-5,21H2,1-3H3,(H2,22,30)(H,23,33)(H,24,31)(H,26,32). The molecule has 3 heterocycles. The number of primary amides is 1. The molecule has 174 valence electrons. The molecule has 0 radical (unpaired) electrons. The number of hydrogen-bond donors (Lipinski definition) is 5. The van der Waals surface area contributed by atoms with Crippen molar-refractivity contribution in [2.75, 3.05) is 22.9 Å². The van der Waals surface area contributed by atoms with Crippen LogP contribution in [0.2, 0.25) is 0 Å². The second kappa shape index (κ2) is 9.30. The molecule has 0 spiro atoms. The van der Waals surface area contributed by atoms with Crippen LogP contribution >= 0.6 is 0 Å². The molecule has 0 fully saturated rings. The first-order chi connectivity index (χ1) is 15.5. The lowest BCUT2D eigenvalue weighted by Gasteiger charge is -2.03. The first-order valence-corrected chi connectivity index (χ1v) is 9.86. The summed E-state index contributed by atoms with van der Waals surface area (Å²) in [4.78, 5) is 52.3. The molecule has 13 heteroatoms. The molecule has 0 aliphatic rings. The van der Waals surface area contributed by atoms with Crippen LogP contribution in [0.15, 0.2) is 30.7 Å². The van der Waals surface area contributed by atoms with E-state index in [2.05, 4.69) is 20.9 Å². The van der Waals surface area contributed by atoms with Crippen LogP contribution in [-0.2, 0) is 25.9 Å². The van der Waals surface area contributed by atoms with Crippen molar-refractivity contribution >= 4 is 40.8 Å². The van der Waals surface area contributed by atoms with Gasteiger partial charge >= 0.3 is 0 Å². The zero-order valence-corrected chi connectivity index (χ0v) is 18.4. The van der Waals surface area contributed by atoms with E-state index in [4.69, 9.17) is 11.5 Å². The number of aromatic nitrogens is 4. The topological polar surface area (TPSA) is 184 Å². The van der Waals surface area contributed by atoms with Gasteiger partial charge in [0.05, 0.1) is 11.4 Å². The molecular formula is C20H25N9O4. The van der Waals surface area contributed by atoms with Crippen LogP contribution < -0.4 is 27.4 Å². The third-order valence-electron chi connectivity index (χ3n) is 4.73. The molecule has 3 aromatic heterocycles. The molecule has 0 aliphatic heterocycles. The summed E-state index contributed by atoms with van der Waals surface area (Å²) in [6.07, 6.45) is 4.70. The molecule has 3 rings (SSSR count). The fraction of sp³-hybridized carbons (Fsp3) is 0.250. The molecule has 33 heavy (non-hydrogen) atoms. The van der Waals surface area contributed by atoms with Crippen molar-refractivity contribution in [3.63, 3.8) is 0 Å². The number of anilines is 3. The van der Waals surface area contributed by atoms with Crippen molar-refractivity contribution in [2.24, 2.45) is 26.9 Å². The van der Waals surface area contributed by atoms with Gasteiger partial charge in [0, 0.05) is 52.7 Å². The van der Waals surface area contributed by atoms with Crippen molar-refractivity contribution in [3.05, 3.63) is 47.9 Å². The Morgan fingerprint density at radius 3 is 2.15 bits per heavy atom. The number of amides is 4. The number of carbonyl (C=O) groups excluding carboxylic acids is 4. The summed E-state index contributed by atoms with van der Waals surface area (Å²) < 4.78 is 4.59. The lowest BCUT2D eigenvalue weighted by Crippen LogP contribution is -2.29. The molecular weight excluding hydrogens is 430 g/mol. The number of aryl methyl sites for hydroxylation is 3. The van der Waals surface area contributed by atoms with Crippen LogP contribution in [0.4, 0.5) is 17.2 Å². The van der Waals surface area contributed by atoms with Gasteiger partial charge in [-0.1, -0.05) is 0 Å². The highest BCUT2D eigenvalue weighted by atomic mass is 16.2. The van der Waals surface area contributed by atoms with E-state index in [0.717, 1.165) is 0 Å². The number of hydrogen-bond acceptors (Lipinski definition) is 6. The summed E-state index contributed by atoms with van der Waals surface area (Å²) >= 11 is 0. The van der Waals surface area contributed by atoms with Gasteiger partial charge < -0.3 is 41.1 Å². The third kappa shape index (κ3) is 5.39. The van der Waals surface area contributed by atoms with Crippen molar-refractivity contribution < 1.29 is 19.2 Å². The third-order valence-corrected chi connectivity index (χ3v) is 4.73. The average Bonchev–Trinajstić information content (AvgIpc) is 3.37. The maximum Gasteiger partial charge on any atom is 0.287 e. The van der Waals surface area contributed by atoms with Gasteiger partial charge in [-0.25, -0.2) is 4.98 Å². The zero-order valence-electron chi connectivity index (χ0n) is 18.4. The molecule has 7 N–H and O–H groups in total. The van der Waals surface area contributed by atoms with Crippen LogP contribution in [0.25, 0.3) is 0 Å². The summed E-state index contributed by atoms with van der Waals surface area (Å²) in [5.74, 6) is -1.69. The lowest BCUT2D eigenvalue weighted by molar-refractivity contribution is -0.117. The predicted octanol–water partition coefficient (Wildman–Crippen LogP) is -0.211. The van der Waals surface area contributed by atoms with Crippen LogP contribution in [0.5, 0.6) is 0 Å². The predicted molar refractivity (Wildman–Crippen MR) is 120 cm³/mol. The van der Waals surface area contributed by atoms with Crippen LogP contribution in [0.1, 0.15) is 38.0 Å². The molecule has 0 aliphatic carbocycles. The Morgan fingerprint density at radius 1 is 0.879 bits per heavy atom. The minimum Gasteiger partial charge on any atom is -0.397 e. The van der Waals surface area contributed by atoms with E-state index in [-0.39, 0.29) is 36.2 Å². The number of nitrogens with zero attached hydrogens (tertiary/aromatic N) is 4. The maximum atomic E-state index is 12.7. The number of nitrogens with one attached hydrogen (secondary N) is 3. The normalized spacial score (nSPS) is 10.6. The lowest BCUT2D eigenvalue weighted by atomic mass is 10.3. The number of rotatable bonds is 8. The molecule has 0 aromatic carbocycles. The average molecular weight is 455 g/mol. The summed E-state index contributed by atoms with van der Waals surface area (Å²) in [5, 5.41) is 7.88. The van der Waals surface area contributed by atoms with E-state index >= 15 is 0 Å². The first-order valence-electron chi connectivity index (χ1n) is 9.86. The van der Waals surface area contributed by atoms with E-state index in [1.165, 1.54) is 16.8 Å². The first kappa shape index (κ1) is 23.1. The van der Waals surface area contributed by atoms with Crippen LogP contribution in [-0.4, -0.2) is 48.9 Å². The minimum absolute atomic E-state index is 0.00356. The molecule has 13 nitrogen and oxygen atoms in total. The molecule has 0 atom stereocenters.